The minimum atomic E-state index is -3.88. The maximum atomic E-state index is 13.7. The number of ether oxygens (including phenoxy) is 2. The number of thiophene rings is 1. The Balaban J connectivity index is 0.872. The molecule has 0 saturated carbocycles. The highest BCUT2D eigenvalue weighted by molar-refractivity contribution is 7.89. The largest absolute Gasteiger partial charge is 0.494 e. The summed E-state index contributed by atoms with van der Waals surface area (Å²) in [5.41, 5.74) is 7.52. The van der Waals surface area contributed by atoms with Gasteiger partial charge in [-0.05, 0) is 112 Å². The number of benzene rings is 3. The molecular formula is C46H55N9O7S2. The average Bonchev–Trinajstić information content (AvgIpc) is 3.91. The lowest BCUT2D eigenvalue weighted by Gasteiger charge is -2.22. The first-order valence-electron chi connectivity index (χ1n) is 21.3. The number of aliphatic imine (C=N–C) groups is 1. The third kappa shape index (κ3) is 9.73. The van der Waals surface area contributed by atoms with Gasteiger partial charge in [-0.25, -0.2) is 13.1 Å². The van der Waals surface area contributed by atoms with Gasteiger partial charge in [0.15, 0.2) is 5.82 Å². The molecule has 0 fully saturated rings. The van der Waals surface area contributed by atoms with E-state index in [1.54, 1.807) is 60.5 Å². The summed E-state index contributed by atoms with van der Waals surface area (Å²) in [6.45, 7) is 11.1. The first kappa shape index (κ1) is 46.0. The van der Waals surface area contributed by atoms with Crippen LogP contribution in [0.3, 0.4) is 0 Å². The molecule has 0 saturated heterocycles. The van der Waals surface area contributed by atoms with Crippen LogP contribution in [0.5, 0.6) is 11.5 Å². The van der Waals surface area contributed by atoms with E-state index in [1.807, 2.05) is 49.6 Å². The Bertz CT molecular complexity index is 2830. The van der Waals surface area contributed by atoms with E-state index in [2.05, 4.69) is 39.7 Å². The average molecular weight is 910 g/mol. The predicted octanol–water partition coefficient (Wildman–Crippen LogP) is 7.29. The fourth-order valence-electron chi connectivity index (χ4n) is 8.20. The Morgan fingerprint density at radius 1 is 0.953 bits per heavy atom. The number of aliphatic carboxylic acids is 1. The molecule has 0 bridgehead atoms. The summed E-state index contributed by atoms with van der Waals surface area (Å²) in [6.07, 6.45) is 3.45. The van der Waals surface area contributed by atoms with Gasteiger partial charge in [-0.3, -0.25) is 19.1 Å². The summed E-state index contributed by atoms with van der Waals surface area (Å²) in [5, 5.41) is 31.1. The van der Waals surface area contributed by atoms with Crippen LogP contribution in [0, 0.1) is 27.7 Å². The molecular weight excluding hydrogens is 855 g/mol. The normalized spacial score (nSPS) is 14.2. The van der Waals surface area contributed by atoms with E-state index in [0.29, 0.717) is 47.1 Å². The molecule has 0 aliphatic carbocycles. The van der Waals surface area contributed by atoms with Gasteiger partial charge >= 0.3 is 5.97 Å². The molecule has 16 nitrogen and oxygen atoms in total. The zero-order valence-electron chi connectivity index (χ0n) is 37.5. The van der Waals surface area contributed by atoms with Crippen molar-refractivity contribution in [3.05, 3.63) is 105 Å². The van der Waals surface area contributed by atoms with Crippen LogP contribution in [0.4, 0.5) is 0 Å². The molecule has 1 aliphatic heterocycles. The van der Waals surface area contributed by atoms with Gasteiger partial charge in [-0.1, -0.05) is 36.3 Å². The zero-order chi connectivity index (χ0) is 45.9. The van der Waals surface area contributed by atoms with E-state index in [4.69, 9.17) is 14.5 Å². The second kappa shape index (κ2) is 19.4. The highest BCUT2D eigenvalue weighted by Gasteiger charge is 2.31. The number of amides is 1. The number of carboxylic acid groups (broad SMARTS) is 1. The van der Waals surface area contributed by atoms with Gasteiger partial charge in [0.1, 0.15) is 39.4 Å². The number of aromatic nitrogens is 6. The van der Waals surface area contributed by atoms with E-state index in [-0.39, 0.29) is 30.2 Å². The quantitative estimate of drug-likeness (QED) is 0.0775. The summed E-state index contributed by atoms with van der Waals surface area (Å²) in [6, 6.07) is 15.2. The molecule has 7 rings (SSSR count). The lowest BCUT2D eigenvalue weighted by atomic mass is 9.86. The molecule has 4 heterocycles. The van der Waals surface area contributed by atoms with Crippen LogP contribution >= 0.6 is 11.3 Å². The SMILES string of the molecule is COc1cc(C(CC(=O)O)c2ccc(C)c(CN(C)S(=O)(=O)c3ccc(OCCCCCCNC(=O)C[C@@H]4N=C(C)c5c(sc(C)c5C)-n5c(C)nnc54)cc3)c2)cc2nnn(C)c12. The highest BCUT2D eigenvalue weighted by atomic mass is 32.2. The van der Waals surface area contributed by atoms with E-state index in [9.17, 15) is 23.1 Å². The first-order chi connectivity index (χ1) is 30.6. The van der Waals surface area contributed by atoms with Gasteiger partial charge < -0.3 is 19.9 Å². The number of methoxy groups -OCH3 is 1. The van der Waals surface area contributed by atoms with Crippen molar-refractivity contribution in [2.24, 2.45) is 12.0 Å². The molecule has 0 spiro atoms. The first-order valence-corrected chi connectivity index (χ1v) is 23.5. The molecule has 2 atom stereocenters. The molecule has 6 aromatic rings. The topological polar surface area (TPSA) is 196 Å². The lowest BCUT2D eigenvalue weighted by molar-refractivity contribution is -0.137. The zero-order valence-corrected chi connectivity index (χ0v) is 39.1. The maximum Gasteiger partial charge on any atom is 0.304 e. The third-order valence-electron chi connectivity index (χ3n) is 11.9. The molecule has 1 amide bonds. The van der Waals surface area contributed by atoms with Crippen LogP contribution < -0.4 is 14.8 Å². The molecule has 2 N–H and O–H groups in total. The van der Waals surface area contributed by atoms with E-state index in [0.717, 1.165) is 64.5 Å². The van der Waals surface area contributed by atoms with Crippen LogP contribution in [0.25, 0.3) is 16.0 Å². The number of carbonyl (C=O) groups is 2. The third-order valence-corrected chi connectivity index (χ3v) is 14.9. The number of nitrogens with zero attached hydrogens (tertiary/aromatic N) is 8. The molecule has 1 unspecified atom stereocenters. The summed E-state index contributed by atoms with van der Waals surface area (Å²) in [7, 11) is 0.951. The van der Waals surface area contributed by atoms with Gasteiger partial charge in [0.25, 0.3) is 0 Å². The lowest BCUT2D eigenvalue weighted by Crippen LogP contribution is -2.27. The van der Waals surface area contributed by atoms with Crippen LogP contribution in [0.2, 0.25) is 0 Å². The summed E-state index contributed by atoms with van der Waals surface area (Å²) in [5.74, 6) is 0.953. The minimum Gasteiger partial charge on any atom is -0.494 e. The molecule has 0 radical (unpaired) electrons. The highest BCUT2D eigenvalue weighted by Crippen LogP contribution is 2.39. The Kier molecular flexibility index (Phi) is 14.0. The van der Waals surface area contributed by atoms with Gasteiger partial charge in [0.2, 0.25) is 15.9 Å². The molecule has 3 aromatic heterocycles. The number of fused-ring (bicyclic) bond motifs is 4. The number of carboxylic acids is 1. The van der Waals surface area contributed by atoms with Gasteiger partial charge in [0, 0.05) is 49.3 Å². The van der Waals surface area contributed by atoms with Gasteiger partial charge in [-0.2, -0.15) is 4.31 Å². The number of hydrogen-bond acceptors (Lipinski definition) is 12. The van der Waals surface area contributed by atoms with Crippen molar-refractivity contribution in [2.75, 3.05) is 27.3 Å². The summed E-state index contributed by atoms with van der Waals surface area (Å²) >= 11 is 1.70. The molecule has 64 heavy (non-hydrogen) atoms. The monoisotopic (exact) mass is 909 g/mol. The fraction of sp³-hybridized carbons (Fsp3) is 0.413. The molecule has 18 heteroatoms. The van der Waals surface area contributed by atoms with Crippen LogP contribution in [-0.2, 0) is 33.2 Å². The van der Waals surface area contributed by atoms with Crippen molar-refractivity contribution in [1.82, 2.24) is 39.4 Å². The molecule has 1 aliphatic rings. The Morgan fingerprint density at radius 3 is 2.44 bits per heavy atom. The van der Waals surface area contributed by atoms with E-state index >= 15 is 0 Å². The molecule has 3 aromatic carbocycles. The fourth-order valence-corrected chi connectivity index (χ4v) is 10.6. The standard InChI is InChI=1S/C46H55N9O7S2/c1-27-13-14-32(37(24-42(57)58)33-22-38-44(40(23-33)61-8)54(7)52-50-38)21-34(27)26-53(6)64(59,60)36-17-15-35(16-18-36)62-20-12-10-9-11-19-47-41(56)25-39-45-51-49-31(5)55(45)46-43(29(3)48-39)28(2)30(4)63-46/h13-18,21-23,37,39H,9-12,19-20,24-26H2,1-8H3,(H,47,56)(H,57,58)/t37?,39-/m0/s1. The molecule has 338 valence electrons. The number of hydrogen-bond donors (Lipinski definition) is 2. The van der Waals surface area contributed by atoms with Crippen molar-refractivity contribution >= 4 is 50.0 Å². The van der Waals surface area contributed by atoms with Crippen LogP contribution in [-0.4, -0.2) is 92.5 Å². The second-order valence-corrected chi connectivity index (χ2v) is 19.6. The van der Waals surface area contributed by atoms with Crippen molar-refractivity contribution < 1.29 is 32.6 Å². The Hall–Kier alpha value is -5.98. The van der Waals surface area contributed by atoms with Crippen molar-refractivity contribution in [1.29, 1.82) is 0 Å². The van der Waals surface area contributed by atoms with Crippen LogP contribution in [0.1, 0.15) is 107 Å². The number of unbranched alkanes of at least 4 members (excludes halogenated alkanes) is 3. The smallest absolute Gasteiger partial charge is 0.304 e. The predicted molar refractivity (Wildman–Crippen MR) is 245 cm³/mol. The minimum absolute atomic E-state index is 0.0741. The van der Waals surface area contributed by atoms with Gasteiger partial charge in [-0.15, -0.1) is 26.6 Å². The van der Waals surface area contributed by atoms with Crippen LogP contribution in [0.15, 0.2) is 64.5 Å². The number of nitrogens with one attached hydrogen (secondary N) is 1. The summed E-state index contributed by atoms with van der Waals surface area (Å²) < 4.78 is 44.0. The number of carbonyl (C=O) groups excluding carboxylic acids is 1. The van der Waals surface area contributed by atoms with E-state index < -0.39 is 28.0 Å². The number of aryl methyl sites for hydroxylation is 4. The summed E-state index contributed by atoms with van der Waals surface area (Å²) in [4.78, 5) is 31.4. The Morgan fingerprint density at radius 2 is 1.70 bits per heavy atom. The van der Waals surface area contributed by atoms with Crippen molar-refractivity contribution in [3.8, 4) is 16.5 Å². The maximum absolute atomic E-state index is 13.7. The van der Waals surface area contributed by atoms with Crippen molar-refractivity contribution in [3.63, 3.8) is 0 Å². The number of rotatable bonds is 19. The Labute approximate surface area is 377 Å². The second-order valence-electron chi connectivity index (χ2n) is 16.3. The van der Waals surface area contributed by atoms with Crippen molar-refractivity contribution in [2.45, 2.75) is 96.5 Å². The number of sulfonamides is 1. The van der Waals surface area contributed by atoms with Gasteiger partial charge in [0.05, 0.1) is 31.5 Å². The van der Waals surface area contributed by atoms with E-state index in [1.165, 1.54) is 21.8 Å².